The summed E-state index contributed by atoms with van der Waals surface area (Å²) in [6, 6.07) is 10.3. The van der Waals surface area contributed by atoms with Crippen LogP contribution in [0.4, 0.5) is 5.82 Å². The van der Waals surface area contributed by atoms with Crippen LogP contribution in [0.2, 0.25) is 0 Å². The summed E-state index contributed by atoms with van der Waals surface area (Å²) in [5.74, 6) is 1.69. The van der Waals surface area contributed by atoms with Crippen LogP contribution in [0, 0.1) is 6.92 Å². The van der Waals surface area contributed by atoms with E-state index in [0.29, 0.717) is 6.04 Å². The third-order valence-electron chi connectivity index (χ3n) is 3.98. The van der Waals surface area contributed by atoms with Gasteiger partial charge in [-0.1, -0.05) is 49.0 Å². The molecule has 0 spiro atoms. The Morgan fingerprint density at radius 3 is 2.48 bits per heavy atom. The van der Waals surface area contributed by atoms with Crippen LogP contribution in [0.3, 0.4) is 0 Å². The number of benzene rings is 1. The van der Waals surface area contributed by atoms with E-state index in [-0.39, 0.29) is 0 Å². The molecule has 2 radical (unpaired) electrons. The van der Waals surface area contributed by atoms with E-state index in [2.05, 4.69) is 15.3 Å². The first-order valence-corrected chi connectivity index (χ1v) is 7.69. The van der Waals surface area contributed by atoms with Gasteiger partial charge in [0.1, 0.15) is 13.7 Å². The number of hydrogen-bond donors (Lipinski definition) is 1. The van der Waals surface area contributed by atoms with Crippen LogP contribution >= 0.6 is 0 Å². The zero-order valence-electron chi connectivity index (χ0n) is 12.5. The predicted octanol–water partition coefficient (Wildman–Crippen LogP) is 2.99. The molecule has 2 aromatic rings. The molecule has 0 saturated heterocycles. The molecule has 0 unspecified atom stereocenters. The largest absolute Gasteiger partial charge is 0.367 e. The van der Waals surface area contributed by atoms with E-state index in [4.69, 9.17) is 7.85 Å². The van der Waals surface area contributed by atoms with Gasteiger partial charge in [0.05, 0.1) is 0 Å². The molecule has 4 heteroatoms. The second-order valence-electron chi connectivity index (χ2n) is 5.82. The summed E-state index contributed by atoms with van der Waals surface area (Å²) >= 11 is 0. The highest BCUT2D eigenvalue weighted by Gasteiger charge is 2.14. The topological polar surface area (TPSA) is 37.8 Å². The normalized spacial score (nSPS) is 15.9. The molecule has 0 atom stereocenters. The fourth-order valence-electron chi connectivity index (χ4n) is 2.86. The van der Waals surface area contributed by atoms with Crippen molar-refractivity contribution in [1.82, 2.24) is 9.97 Å². The number of rotatable bonds is 3. The Hall–Kier alpha value is -1.84. The number of aryl methyl sites for hydroxylation is 1. The molecule has 1 aromatic heterocycles. The Balaban J connectivity index is 1.83. The molecular formula is C17H20BN3. The lowest BCUT2D eigenvalue weighted by atomic mass is 9.95. The smallest absolute Gasteiger partial charge is 0.161 e. The molecule has 3 nitrogen and oxygen atoms in total. The van der Waals surface area contributed by atoms with Crippen molar-refractivity contribution in [3.8, 4) is 11.4 Å². The van der Waals surface area contributed by atoms with E-state index in [0.717, 1.165) is 28.4 Å². The van der Waals surface area contributed by atoms with Crippen LogP contribution in [-0.2, 0) is 0 Å². The lowest BCUT2D eigenvalue weighted by molar-refractivity contribution is 0.462. The lowest BCUT2D eigenvalue weighted by Crippen LogP contribution is -2.23. The molecule has 3 rings (SSSR count). The molecule has 1 aliphatic carbocycles. The van der Waals surface area contributed by atoms with Crippen LogP contribution in [0.25, 0.3) is 11.4 Å². The van der Waals surface area contributed by atoms with Crippen molar-refractivity contribution in [3.05, 3.63) is 36.0 Å². The van der Waals surface area contributed by atoms with Crippen LogP contribution in [0.1, 0.15) is 37.8 Å². The van der Waals surface area contributed by atoms with Crippen molar-refractivity contribution in [2.45, 2.75) is 45.1 Å². The fraction of sp³-hybridized carbons (Fsp3) is 0.412. The molecule has 1 saturated carbocycles. The molecule has 0 bridgehead atoms. The van der Waals surface area contributed by atoms with E-state index >= 15 is 0 Å². The van der Waals surface area contributed by atoms with Crippen LogP contribution in [0.5, 0.6) is 0 Å². The Kier molecular flexibility index (Phi) is 4.23. The van der Waals surface area contributed by atoms with E-state index < -0.39 is 0 Å². The van der Waals surface area contributed by atoms with Gasteiger partial charge in [-0.3, -0.25) is 0 Å². The summed E-state index contributed by atoms with van der Waals surface area (Å²) in [7, 11) is 5.74. The molecule has 21 heavy (non-hydrogen) atoms. The van der Waals surface area contributed by atoms with Gasteiger partial charge in [-0.05, 0) is 19.8 Å². The van der Waals surface area contributed by atoms with Crippen molar-refractivity contribution in [1.29, 1.82) is 0 Å². The molecule has 1 aromatic carbocycles. The molecule has 1 heterocycles. The number of anilines is 1. The van der Waals surface area contributed by atoms with Gasteiger partial charge >= 0.3 is 0 Å². The molecule has 1 fully saturated rings. The average Bonchev–Trinajstić information content (AvgIpc) is 2.48. The van der Waals surface area contributed by atoms with Gasteiger partial charge in [0.25, 0.3) is 0 Å². The maximum absolute atomic E-state index is 5.74. The first kappa shape index (κ1) is 14.1. The average molecular weight is 277 g/mol. The van der Waals surface area contributed by atoms with Gasteiger partial charge in [-0.15, -0.1) is 0 Å². The standard InChI is InChI=1S/C17H20BN3/c1-12-11-16(20-15-5-3-2-4-6-15)21-17(19-12)13-7-9-14(18)10-8-13/h7-11,15H,2-6H2,1H3,(H,19,20,21). The highest BCUT2D eigenvalue weighted by atomic mass is 15.0. The minimum atomic E-state index is 0.548. The maximum Gasteiger partial charge on any atom is 0.161 e. The van der Waals surface area contributed by atoms with Gasteiger partial charge in [0.2, 0.25) is 0 Å². The first-order valence-electron chi connectivity index (χ1n) is 7.69. The SMILES string of the molecule is [B]c1ccc(-c2nc(C)cc(NC3CCCCC3)n2)cc1. The van der Waals surface area contributed by atoms with Crippen LogP contribution in [-0.4, -0.2) is 23.9 Å². The molecular weight excluding hydrogens is 257 g/mol. The van der Waals surface area contributed by atoms with Gasteiger partial charge in [-0.25, -0.2) is 9.97 Å². The summed E-state index contributed by atoms with van der Waals surface area (Å²) in [6.07, 6.45) is 6.46. The van der Waals surface area contributed by atoms with Crippen LogP contribution in [0.15, 0.2) is 30.3 Å². The molecule has 1 N–H and O–H groups in total. The highest BCUT2D eigenvalue weighted by Crippen LogP contribution is 2.22. The Morgan fingerprint density at radius 2 is 1.76 bits per heavy atom. The summed E-state index contributed by atoms with van der Waals surface area (Å²) in [4.78, 5) is 9.20. The van der Waals surface area contributed by atoms with E-state index in [1.165, 1.54) is 32.1 Å². The second kappa shape index (κ2) is 6.29. The van der Waals surface area contributed by atoms with Crippen molar-refractivity contribution in [3.63, 3.8) is 0 Å². The minimum Gasteiger partial charge on any atom is -0.367 e. The Bertz CT molecular complexity index is 604. The zero-order chi connectivity index (χ0) is 14.7. The quantitative estimate of drug-likeness (QED) is 0.876. The van der Waals surface area contributed by atoms with E-state index in [1.807, 2.05) is 37.3 Å². The number of aromatic nitrogens is 2. The molecule has 1 aliphatic rings. The second-order valence-corrected chi connectivity index (χ2v) is 5.82. The summed E-state index contributed by atoms with van der Waals surface area (Å²) in [6.45, 7) is 2.01. The van der Waals surface area contributed by atoms with Gasteiger partial charge in [-0.2, -0.15) is 0 Å². The fourth-order valence-corrected chi connectivity index (χ4v) is 2.86. The number of hydrogen-bond acceptors (Lipinski definition) is 3. The number of nitrogens with one attached hydrogen (secondary N) is 1. The third kappa shape index (κ3) is 3.63. The Morgan fingerprint density at radius 1 is 1.05 bits per heavy atom. The third-order valence-corrected chi connectivity index (χ3v) is 3.98. The van der Waals surface area contributed by atoms with Crippen LogP contribution < -0.4 is 10.8 Å². The maximum atomic E-state index is 5.74. The first-order chi connectivity index (χ1) is 10.2. The summed E-state index contributed by atoms with van der Waals surface area (Å²) < 4.78 is 0. The van der Waals surface area contributed by atoms with Crippen molar-refractivity contribution >= 4 is 19.1 Å². The monoisotopic (exact) mass is 277 g/mol. The van der Waals surface area contributed by atoms with Gasteiger partial charge in [0, 0.05) is 23.4 Å². The summed E-state index contributed by atoms with van der Waals surface area (Å²) in [5.41, 5.74) is 2.74. The molecule has 0 aliphatic heterocycles. The minimum absolute atomic E-state index is 0.548. The van der Waals surface area contributed by atoms with Crippen molar-refractivity contribution in [2.75, 3.05) is 5.32 Å². The predicted molar refractivity (Wildman–Crippen MR) is 88.1 cm³/mol. The summed E-state index contributed by atoms with van der Waals surface area (Å²) in [5, 5.41) is 3.57. The lowest BCUT2D eigenvalue weighted by Gasteiger charge is -2.23. The van der Waals surface area contributed by atoms with E-state index in [9.17, 15) is 0 Å². The highest BCUT2D eigenvalue weighted by molar-refractivity contribution is 6.32. The van der Waals surface area contributed by atoms with Gasteiger partial charge < -0.3 is 5.32 Å². The van der Waals surface area contributed by atoms with Crippen molar-refractivity contribution in [2.24, 2.45) is 0 Å². The van der Waals surface area contributed by atoms with E-state index in [1.54, 1.807) is 0 Å². The Labute approximate surface area is 127 Å². The zero-order valence-corrected chi connectivity index (χ0v) is 12.5. The van der Waals surface area contributed by atoms with Crippen molar-refractivity contribution < 1.29 is 0 Å². The molecule has 106 valence electrons. The molecule has 0 amide bonds. The number of nitrogens with zero attached hydrogens (tertiary/aromatic N) is 2. The van der Waals surface area contributed by atoms with Gasteiger partial charge in [0.15, 0.2) is 5.82 Å².